The molecule has 0 amide bonds. The number of alkyl halides is 3. The second-order valence-corrected chi connectivity index (χ2v) is 4.23. The predicted molar refractivity (Wildman–Crippen MR) is 65.8 cm³/mol. The van der Waals surface area contributed by atoms with Crippen molar-refractivity contribution in [3.63, 3.8) is 0 Å². The average molecular weight is 289 g/mol. The maximum absolute atomic E-state index is 12.5. The minimum atomic E-state index is -4.50. The Kier molecular flexibility index (Phi) is 3.28. The van der Waals surface area contributed by atoms with Gasteiger partial charge >= 0.3 is 6.18 Å². The number of benzene rings is 1. The van der Waals surface area contributed by atoms with Crippen LogP contribution in [0.4, 0.5) is 18.9 Å². The van der Waals surface area contributed by atoms with Crippen molar-refractivity contribution in [1.29, 1.82) is 0 Å². The molecule has 0 bridgehead atoms. The van der Waals surface area contributed by atoms with Gasteiger partial charge in [0.15, 0.2) is 0 Å². The third-order valence-corrected chi connectivity index (χ3v) is 2.76. The van der Waals surface area contributed by atoms with Crippen LogP contribution in [-0.2, 0) is 6.18 Å². The lowest BCUT2D eigenvalue weighted by Crippen LogP contribution is -2.05. The molecule has 0 saturated heterocycles. The van der Waals surface area contributed by atoms with Gasteiger partial charge in [-0.2, -0.15) is 13.2 Å². The van der Waals surface area contributed by atoms with Gasteiger partial charge in [0.1, 0.15) is 5.75 Å². The molecule has 0 fully saturated rings. The lowest BCUT2D eigenvalue weighted by molar-refractivity contribution is -0.137. The van der Waals surface area contributed by atoms with Crippen LogP contribution in [0.5, 0.6) is 5.75 Å². The normalized spacial score (nSPS) is 11.6. The van der Waals surface area contributed by atoms with E-state index in [4.69, 9.17) is 17.3 Å². The van der Waals surface area contributed by atoms with E-state index in [0.29, 0.717) is 11.8 Å². The Balaban J connectivity index is 2.49. The van der Waals surface area contributed by atoms with Gasteiger partial charge in [-0.05, 0) is 24.3 Å². The summed E-state index contributed by atoms with van der Waals surface area (Å²) in [5, 5.41) is 9.14. The van der Waals surface area contributed by atoms with Gasteiger partial charge in [0.2, 0.25) is 0 Å². The number of nitrogens with two attached hydrogens (primary N) is 1. The summed E-state index contributed by atoms with van der Waals surface area (Å²) in [6.45, 7) is 0. The maximum Gasteiger partial charge on any atom is 0.417 e. The molecule has 100 valence electrons. The molecule has 2 aromatic rings. The highest BCUT2D eigenvalue weighted by atomic mass is 35.5. The number of nitrogen functional groups attached to an aromatic ring is 1. The molecule has 1 aromatic carbocycles. The highest BCUT2D eigenvalue weighted by Gasteiger charge is 2.31. The summed E-state index contributed by atoms with van der Waals surface area (Å²) in [6.07, 6.45) is -3.80. The highest BCUT2D eigenvalue weighted by molar-refractivity contribution is 6.33. The molecular weight excluding hydrogens is 281 g/mol. The van der Waals surface area contributed by atoms with E-state index in [-0.39, 0.29) is 22.2 Å². The second-order valence-electron chi connectivity index (χ2n) is 3.83. The Hall–Kier alpha value is -1.95. The van der Waals surface area contributed by atoms with Crippen LogP contribution < -0.4 is 5.73 Å². The van der Waals surface area contributed by atoms with Crippen molar-refractivity contribution in [2.45, 2.75) is 6.18 Å². The number of halogens is 4. The fourth-order valence-corrected chi connectivity index (χ4v) is 1.78. The van der Waals surface area contributed by atoms with Crippen LogP contribution in [0.2, 0.25) is 5.02 Å². The van der Waals surface area contributed by atoms with Crippen LogP contribution in [-0.4, -0.2) is 10.1 Å². The number of phenolic OH excluding ortho intramolecular Hbond substituents is 1. The first-order chi connectivity index (χ1) is 8.79. The SMILES string of the molecule is Nc1cc(-c2ncc(C(F)(F)F)cc2Cl)ccc1O. The number of hydrogen-bond donors (Lipinski definition) is 2. The number of rotatable bonds is 1. The molecule has 0 spiro atoms. The number of pyridine rings is 1. The van der Waals surface area contributed by atoms with Crippen LogP contribution in [0.15, 0.2) is 30.5 Å². The molecular formula is C12H8ClF3N2O. The number of aromatic nitrogens is 1. The number of phenols is 1. The fourth-order valence-electron chi connectivity index (χ4n) is 1.51. The first-order valence-electron chi connectivity index (χ1n) is 5.10. The summed E-state index contributed by atoms with van der Waals surface area (Å²) in [4.78, 5) is 3.70. The molecule has 0 saturated carbocycles. The second kappa shape index (κ2) is 4.62. The lowest BCUT2D eigenvalue weighted by atomic mass is 10.1. The lowest BCUT2D eigenvalue weighted by Gasteiger charge is -2.10. The Labute approximate surface area is 111 Å². The van der Waals surface area contributed by atoms with Crippen molar-refractivity contribution in [1.82, 2.24) is 4.98 Å². The molecule has 3 nitrogen and oxygen atoms in total. The Morgan fingerprint density at radius 3 is 2.42 bits per heavy atom. The minimum absolute atomic E-state index is 0.0928. The smallest absolute Gasteiger partial charge is 0.417 e. The summed E-state index contributed by atoms with van der Waals surface area (Å²) in [5.74, 6) is -0.119. The summed E-state index contributed by atoms with van der Waals surface area (Å²) in [6, 6.07) is 4.97. The van der Waals surface area contributed by atoms with Gasteiger partial charge in [0.25, 0.3) is 0 Å². The number of anilines is 1. The summed E-state index contributed by atoms with van der Waals surface area (Å²) >= 11 is 5.80. The van der Waals surface area contributed by atoms with Gasteiger partial charge in [-0.25, -0.2) is 0 Å². The van der Waals surface area contributed by atoms with Crippen molar-refractivity contribution in [2.75, 3.05) is 5.73 Å². The Bertz CT molecular complexity index is 629. The highest BCUT2D eigenvalue weighted by Crippen LogP contribution is 2.35. The van der Waals surface area contributed by atoms with E-state index >= 15 is 0 Å². The molecule has 1 aromatic heterocycles. The molecule has 0 radical (unpaired) electrons. The predicted octanol–water partition coefficient (Wildman–Crippen LogP) is 3.71. The van der Waals surface area contributed by atoms with Gasteiger partial charge in [-0.1, -0.05) is 11.6 Å². The van der Waals surface area contributed by atoms with Gasteiger partial charge in [-0.15, -0.1) is 0 Å². The Morgan fingerprint density at radius 2 is 1.89 bits per heavy atom. The van der Waals surface area contributed by atoms with Crippen LogP contribution in [0.3, 0.4) is 0 Å². The largest absolute Gasteiger partial charge is 0.506 e. The zero-order valence-electron chi connectivity index (χ0n) is 9.37. The average Bonchev–Trinajstić information content (AvgIpc) is 2.31. The molecule has 0 atom stereocenters. The molecule has 7 heteroatoms. The zero-order chi connectivity index (χ0) is 14.2. The van der Waals surface area contributed by atoms with Crippen molar-refractivity contribution >= 4 is 17.3 Å². The van der Waals surface area contributed by atoms with E-state index in [2.05, 4.69) is 4.98 Å². The van der Waals surface area contributed by atoms with Crippen LogP contribution in [0.1, 0.15) is 5.56 Å². The van der Waals surface area contributed by atoms with Crippen molar-refractivity contribution in [3.8, 4) is 17.0 Å². The minimum Gasteiger partial charge on any atom is -0.506 e. The quantitative estimate of drug-likeness (QED) is 0.621. The summed E-state index contributed by atoms with van der Waals surface area (Å²) in [5.41, 5.74) is 5.27. The number of nitrogens with zero attached hydrogens (tertiary/aromatic N) is 1. The third kappa shape index (κ3) is 2.73. The monoisotopic (exact) mass is 288 g/mol. The zero-order valence-corrected chi connectivity index (χ0v) is 10.1. The van der Waals surface area contributed by atoms with Gasteiger partial charge < -0.3 is 10.8 Å². The molecule has 1 heterocycles. The third-order valence-electron chi connectivity index (χ3n) is 2.47. The fraction of sp³-hybridized carbons (Fsp3) is 0.0833. The van der Waals surface area contributed by atoms with Crippen molar-refractivity contribution in [3.05, 3.63) is 41.0 Å². The van der Waals surface area contributed by atoms with Gasteiger partial charge in [0.05, 0.1) is 22.0 Å². The molecule has 2 rings (SSSR count). The van der Waals surface area contributed by atoms with Gasteiger partial charge in [-0.3, -0.25) is 4.98 Å². The van der Waals surface area contributed by atoms with Crippen molar-refractivity contribution < 1.29 is 18.3 Å². The molecule has 19 heavy (non-hydrogen) atoms. The number of hydrogen-bond acceptors (Lipinski definition) is 3. The molecule has 0 aliphatic heterocycles. The van der Waals surface area contributed by atoms with Gasteiger partial charge in [0, 0.05) is 11.8 Å². The Morgan fingerprint density at radius 1 is 1.21 bits per heavy atom. The topological polar surface area (TPSA) is 59.1 Å². The summed E-state index contributed by atoms with van der Waals surface area (Å²) in [7, 11) is 0. The number of aromatic hydroxyl groups is 1. The summed E-state index contributed by atoms with van der Waals surface area (Å²) < 4.78 is 37.4. The van der Waals surface area contributed by atoms with E-state index in [1.807, 2.05) is 0 Å². The van der Waals surface area contributed by atoms with Crippen LogP contribution in [0, 0.1) is 0 Å². The van der Waals surface area contributed by atoms with E-state index in [1.165, 1.54) is 18.2 Å². The standard InChI is InChI=1S/C12H8ClF3N2O/c13-8-4-7(12(14,15)16)5-18-11(8)6-1-2-10(19)9(17)3-6/h1-5,19H,17H2. The van der Waals surface area contributed by atoms with Crippen molar-refractivity contribution in [2.24, 2.45) is 0 Å². The molecule has 3 N–H and O–H groups in total. The molecule has 0 unspecified atom stereocenters. The molecule has 0 aliphatic rings. The van der Waals surface area contributed by atoms with Crippen LogP contribution in [0.25, 0.3) is 11.3 Å². The first kappa shape index (κ1) is 13.5. The van der Waals surface area contributed by atoms with E-state index in [9.17, 15) is 18.3 Å². The van der Waals surface area contributed by atoms with E-state index < -0.39 is 11.7 Å². The first-order valence-corrected chi connectivity index (χ1v) is 5.48. The van der Waals surface area contributed by atoms with E-state index in [0.717, 1.165) is 6.07 Å². The molecule has 0 aliphatic carbocycles. The van der Waals surface area contributed by atoms with E-state index in [1.54, 1.807) is 0 Å². The van der Waals surface area contributed by atoms with Crippen LogP contribution >= 0.6 is 11.6 Å². The maximum atomic E-state index is 12.5.